The molecule has 0 radical (unpaired) electrons. The number of benzene rings is 2. The first-order valence-corrected chi connectivity index (χ1v) is 23.0. The molecule has 2 aromatic carbocycles. The van der Waals surface area contributed by atoms with Crippen LogP contribution in [-0.2, 0) is 30.3 Å². The van der Waals surface area contributed by atoms with E-state index in [1.807, 2.05) is 4.40 Å². The van der Waals surface area contributed by atoms with Crippen LogP contribution in [0, 0.1) is 11.2 Å². The van der Waals surface area contributed by atoms with Gasteiger partial charge in [-0.25, -0.2) is 19.3 Å². The Balaban J connectivity index is 0.731. The third kappa shape index (κ3) is 11.1. The van der Waals surface area contributed by atoms with Crippen molar-refractivity contribution in [3.05, 3.63) is 94.7 Å². The number of piperidine rings is 1. The Morgan fingerprint density at radius 1 is 0.941 bits per heavy atom. The topological polar surface area (TPSA) is 222 Å². The van der Waals surface area contributed by atoms with Crippen molar-refractivity contribution in [2.75, 3.05) is 81.7 Å². The lowest BCUT2D eigenvalue weighted by Gasteiger charge is -2.54. The van der Waals surface area contributed by atoms with Crippen LogP contribution in [0.1, 0.15) is 72.7 Å². The van der Waals surface area contributed by atoms with Gasteiger partial charge in [-0.2, -0.15) is 0 Å². The van der Waals surface area contributed by atoms with E-state index in [-0.39, 0.29) is 53.5 Å². The van der Waals surface area contributed by atoms with Crippen LogP contribution in [0.5, 0.6) is 5.75 Å². The molecule has 3 amide bonds. The Labute approximate surface area is 398 Å². The van der Waals surface area contributed by atoms with Crippen LogP contribution in [0.4, 0.5) is 22.0 Å². The van der Waals surface area contributed by atoms with Crippen LogP contribution in [0.15, 0.2) is 67.1 Å². The van der Waals surface area contributed by atoms with E-state index in [9.17, 15) is 19.2 Å². The number of esters is 1. The van der Waals surface area contributed by atoms with Crippen LogP contribution in [0.3, 0.4) is 0 Å². The van der Waals surface area contributed by atoms with E-state index in [1.165, 1.54) is 35.4 Å². The minimum Gasteiger partial charge on any atom is -0.491 e. The summed E-state index contributed by atoms with van der Waals surface area (Å²) in [6.07, 6.45) is 6.82. The Morgan fingerprint density at radius 3 is 2.40 bits per heavy atom. The normalized spacial score (nSPS) is 16.2. The van der Waals surface area contributed by atoms with E-state index in [0.717, 1.165) is 45.6 Å². The molecular weight excluding hydrogens is 899 g/mol. The second-order valence-electron chi connectivity index (χ2n) is 18.4. The largest absolute Gasteiger partial charge is 0.491 e. The minimum atomic E-state index is -0.946. The average molecular weight is 955 g/mol. The van der Waals surface area contributed by atoms with Crippen molar-refractivity contribution >= 4 is 58.4 Å². The molecule has 6 heterocycles. The van der Waals surface area contributed by atoms with Gasteiger partial charge in [0.2, 0.25) is 11.9 Å². The number of fused-ring (bicyclic) bond motifs is 2. The zero-order valence-electron chi connectivity index (χ0n) is 38.3. The molecule has 3 aliphatic rings. The van der Waals surface area contributed by atoms with Gasteiger partial charge in [0, 0.05) is 86.0 Å². The summed E-state index contributed by atoms with van der Waals surface area (Å²) >= 11 is 6.01. The highest BCUT2D eigenvalue weighted by atomic mass is 35.5. The number of nitrogen functional groups attached to an aromatic ring is 1. The molecule has 0 aliphatic carbocycles. The fourth-order valence-corrected chi connectivity index (χ4v) is 9.18. The molecule has 1 atom stereocenters. The van der Waals surface area contributed by atoms with Crippen molar-refractivity contribution in [3.8, 4) is 17.0 Å². The number of hydrogen-bond acceptors (Lipinski definition) is 14. The van der Waals surface area contributed by atoms with Gasteiger partial charge >= 0.3 is 5.97 Å². The van der Waals surface area contributed by atoms with E-state index in [1.54, 1.807) is 57.4 Å². The van der Waals surface area contributed by atoms with Gasteiger partial charge in [0.15, 0.2) is 0 Å². The van der Waals surface area contributed by atoms with Crippen molar-refractivity contribution in [2.24, 2.45) is 11.1 Å². The second kappa shape index (κ2) is 20.4. The predicted octanol–water partition coefficient (Wildman–Crippen LogP) is 5.36. The monoisotopic (exact) mass is 954 g/mol. The smallest absolute Gasteiger partial charge is 0.306 e. The van der Waals surface area contributed by atoms with Crippen molar-refractivity contribution in [3.63, 3.8) is 0 Å². The van der Waals surface area contributed by atoms with Crippen LogP contribution >= 0.6 is 11.6 Å². The lowest BCUT2D eigenvalue weighted by molar-refractivity contribution is -0.155. The number of ether oxygens (including phenoxy) is 4. The number of carbonyl (C=O) groups is 4. The molecule has 20 heteroatoms. The van der Waals surface area contributed by atoms with Crippen LogP contribution in [0.25, 0.3) is 16.8 Å². The number of imidazole rings is 1. The van der Waals surface area contributed by atoms with E-state index >= 15 is 4.39 Å². The van der Waals surface area contributed by atoms with Crippen LogP contribution in [-0.4, -0.2) is 130 Å². The molecule has 0 bridgehead atoms. The highest BCUT2D eigenvalue weighted by molar-refractivity contribution is 6.30. The van der Waals surface area contributed by atoms with Crippen molar-refractivity contribution < 1.29 is 42.5 Å². The van der Waals surface area contributed by atoms with Gasteiger partial charge in [0.1, 0.15) is 52.7 Å². The predicted molar refractivity (Wildman–Crippen MR) is 252 cm³/mol. The number of nitrogens with one attached hydrogen (secondary N) is 1. The summed E-state index contributed by atoms with van der Waals surface area (Å²) in [5.41, 5.74) is 13.9. The first kappa shape index (κ1) is 48.1. The number of primary amides is 1. The number of pyridine rings is 1. The van der Waals surface area contributed by atoms with E-state index in [2.05, 4.69) is 25.1 Å². The Morgan fingerprint density at radius 2 is 1.68 bits per heavy atom. The summed E-state index contributed by atoms with van der Waals surface area (Å²) < 4.78 is 40.5. The number of carbonyl (C=O) groups excluding carboxylic acids is 4. The first-order chi connectivity index (χ1) is 32.6. The van der Waals surface area contributed by atoms with Gasteiger partial charge in [0.05, 0.1) is 26.4 Å². The first-order valence-electron chi connectivity index (χ1n) is 22.6. The number of aromatic nitrogens is 4. The van der Waals surface area contributed by atoms with E-state index < -0.39 is 35.2 Å². The van der Waals surface area contributed by atoms with Crippen molar-refractivity contribution in [2.45, 2.75) is 64.6 Å². The highest BCUT2D eigenvalue weighted by Crippen LogP contribution is 2.42. The summed E-state index contributed by atoms with van der Waals surface area (Å²) in [4.78, 5) is 69.9. The Hall–Kier alpha value is -6.41. The molecule has 68 heavy (non-hydrogen) atoms. The van der Waals surface area contributed by atoms with Crippen molar-refractivity contribution in [1.82, 2.24) is 29.2 Å². The standard InChI is InChI=1S/C48H56ClFN10O8/c1-47(2,3)68-39(61)9-8-37(43(52)62)60-27-31-24-33(5-7-34(31)45(60)64)67-23-22-66-21-20-65-19-18-57-28-48(29-57)11-15-58(16-12-48)46-56-40(41-42(51)54-14-17-59(41)46)35-6-4-30(25-36(35)50)44(63)55-38-26-32(49)10-13-53-38/h4-7,10,13-14,17,24-26,37H,8-9,11-12,15-16,18-23,27-29H2,1-3H3,(H2,51,54)(H2,52,62)(H,53,55,63). The van der Waals surface area contributed by atoms with Gasteiger partial charge in [-0.3, -0.25) is 28.5 Å². The number of halogens is 2. The fraction of sp³-hybridized carbons (Fsp3) is 0.438. The lowest BCUT2D eigenvalue weighted by atomic mass is 9.72. The van der Waals surface area contributed by atoms with Crippen molar-refractivity contribution in [1.29, 1.82) is 0 Å². The molecule has 5 N–H and O–H groups in total. The third-order valence-corrected chi connectivity index (χ3v) is 12.6. The van der Waals surface area contributed by atoms with Gasteiger partial charge in [-0.15, -0.1) is 0 Å². The SMILES string of the molecule is CC(C)(C)OC(=O)CCC(C(N)=O)N1Cc2cc(OCCOCCOCCN3CC4(CCN(c5nc(-c6ccc(C(=O)Nc7cc(Cl)ccn7)cc6F)c6c(N)nccn56)CC4)C3)ccc2C1=O. The van der Waals surface area contributed by atoms with Crippen LogP contribution < -0.4 is 26.4 Å². The molecule has 3 aliphatic heterocycles. The summed E-state index contributed by atoms with van der Waals surface area (Å²) in [5, 5.41) is 3.05. The molecule has 18 nitrogen and oxygen atoms in total. The summed E-state index contributed by atoms with van der Waals surface area (Å²) in [5.74, 6) is -0.924. The molecule has 5 aromatic rings. The number of likely N-dealkylation sites (tertiary alicyclic amines) is 1. The molecule has 8 rings (SSSR count). The number of rotatable bonds is 19. The Kier molecular flexibility index (Phi) is 14.4. The zero-order valence-corrected chi connectivity index (χ0v) is 39.1. The summed E-state index contributed by atoms with van der Waals surface area (Å²) in [7, 11) is 0. The molecule has 3 aromatic heterocycles. The van der Waals surface area contributed by atoms with Gasteiger partial charge in [-0.05, 0) is 99.5 Å². The number of amides is 3. The number of anilines is 3. The average Bonchev–Trinajstić information content (AvgIpc) is 3.82. The number of nitrogens with two attached hydrogens (primary N) is 2. The molecule has 1 spiro atoms. The summed E-state index contributed by atoms with van der Waals surface area (Å²) in [6, 6.07) is 11.5. The molecule has 2 fully saturated rings. The maximum absolute atomic E-state index is 15.8. The Bertz CT molecular complexity index is 2680. The maximum atomic E-state index is 15.8. The van der Waals surface area contributed by atoms with E-state index in [4.69, 9.17) is 47.0 Å². The van der Waals surface area contributed by atoms with Crippen LogP contribution in [0.2, 0.25) is 5.02 Å². The molecule has 2 saturated heterocycles. The molecule has 360 valence electrons. The second-order valence-corrected chi connectivity index (χ2v) is 18.8. The van der Waals surface area contributed by atoms with Gasteiger partial charge in [-0.1, -0.05) is 11.6 Å². The fourth-order valence-electron chi connectivity index (χ4n) is 9.02. The molecule has 1 unspecified atom stereocenters. The van der Waals surface area contributed by atoms with Gasteiger partial charge < -0.3 is 45.5 Å². The third-order valence-electron chi connectivity index (χ3n) is 12.3. The minimum absolute atomic E-state index is 0.0437. The lowest BCUT2D eigenvalue weighted by Crippen LogP contribution is -2.61. The quantitative estimate of drug-likeness (QED) is 0.0701. The van der Waals surface area contributed by atoms with E-state index in [0.29, 0.717) is 72.1 Å². The highest BCUT2D eigenvalue weighted by Gasteiger charge is 2.45. The number of hydrogen-bond donors (Lipinski definition) is 3. The summed E-state index contributed by atoms with van der Waals surface area (Å²) in [6.45, 7) is 11.9. The maximum Gasteiger partial charge on any atom is 0.306 e. The molecular formula is C48H56ClFN10O8. The number of nitrogens with zero attached hydrogens (tertiary/aromatic N) is 7. The van der Waals surface area contributed by atoms with Gasteiger partial charge in [0.25, 0.3) is 11.8 Å². The molecule has 0 saturated carbocycles. The zero-order chi connectivity index (χ0) is 48.2.